The minimum Gasteiger partial charge on any atom is -0.489 e. The first-order valence-corrected chi connectivity index (χ1v) is 9.75. The van der Waals surface area contributed by atoms with Crippen molar-refractivity contribution in [2.24, 2.45) is 5.92 Å². The van der Waals surface area contributed by atoms with Crippen LogP contribution in [0, 0.1) is 12.8 Å². The van der Waals surface area contributed by atoms with Gasteiger partial charge in [-0.25, -0.2) is 0 Å². The van der Waals surface area contributed by atoms with Gasteiger partial charge in [0.2, 0.25) is 0 Å². The second-order valence-corrected chi connectivity index (χ2v) is 7.44. The van der Waals surface area contributed by atoms with E-state index in [1.54, 1.807) is 0 Å². The molecule has 1 amide bonds. The highest BCUT2D eigenvalue weighted by Crippen LogP contribution is 2.42. The number of hydrogen-bond acceptors (Lipinski definition) is 3. The topological polar surface area (TPSA) is 47.6 Å². The van der Waals surface area contributed by atoms with Crippen LogP contribution in [0.5, 0.6) is 5.75 Å². The van der Waals surface area contributed by atoms with Gasteiger partial charge in [-0.2, -0.15) is 0 Å². The molecular formula is C23H29NO3. The van der Waals surface area contributed by atoms with Crippen LogP contribution in [0.15, 0.2) is 48.5 Å². The molecule has 3 rings (SSSR count). The summed E-state index contributed by atoms with van der Waals surface area (Å²) in [5, 5.41) is 3.04. The Labute approximate surface area is 161 Å². The van der Waals surface area contributed by atoms with E-state index < -0.39 is 5.60 Å². The second kappa shape index (κ2) is 8.57. The van der Waals surface area contributed by atoms with Crippen LogP contribution < -0.4 is 10.1 Å². The molecule has 0 aromatic heterocycles. The normalized spacial score (nSPS) is 15.8. The van der Waals surface area contributed by atoms with Crippen molar-refractivity contribution < 1.29 is 14.3 Å². The van der Waals surface area contributed by atoms with Crippen LogP contribution in [0.1, 0.15) is 44.2 Å². The van der Waals surface area contributed by atoms with E-state index in [1.807, 2.05) is 62.4 Å². The van der Waals surface area contributed by atoms with Crippen LogP contribution in [0.25, 0.3) is 0 Å². The van der Waals surface area contributed by atoms with Crippen molar-refractivity contribution in [1.29, 1.82) is 0 Å². The van der Waals surface area contributed by atoms with Crippen molar-refractivity contribution in [3.05, 3.63) is 59.7 Å². The van der Waals surface area contributed by atoms with Gasteiger partial charge in [0.15, 0.2) is 0 Å². The zero-order valence-electron chi connectivity index (χ0n) is 16.5. The molecule has 1 aliphatic carbocycles. The van der Waals surface area contributed by atoms with Crippen molar-refractivity contribution in [3.8, 4) is 5.75 Å². The Hall–Kier alpha value is -2.33. The van der Waals surface area contributed by atoms with Crippen LogP contribution in [-0.4, -0.2) is 18.1 Å². The zero-order valence-corrected chi connectivity index (χ0v) is 16.5. The molecule has 1 atom stereocenters. The first-order chi connectivity index (χ1) is 13.0. The first kappa shape index (κ1) is 19.4. The van der Waals surface area contributed by atoms with Crippen LogP contribution in [0.3, 0.4) is 0 Å². The molecule has 2 aromatic rings. The molecule has 2 aromatic carbocycles. The molecule has 144 valence electrons. The lowest BCUT2D eigenvalue weighted by Gasteiger charge is -2.28. The van der Waals surface area contributed by atoms with Crippen molar-refractivity contribution in [1.82, 2.24) is 0 Å². The van der Waals surface area contributed by atoms with Gasteiger partial charge in [-0.05, 0) is 68.4 Å². The lowest BCUT2D eigenvalue weighted by Crippen LogP contribution is -2.45. The number of amides is 1. The van der Waals surface area contributed by atoms with E-state index in [9.17, 15) is 4.79 Å². The third kappa shape index (κ3) is 4.89. The zero-order chi connectivity index (χ0) is 19.3. The van der Waals surface area contributed by atoms with Crippen molar-refractivity contribution in [2.45, 2.75) is 52.2 Å². The number of nitrogens with one attached hydrogen (secondary N) is 1. The van der Waals surface area contributed by atoms with Gasteiger partial charge in [0.25, 0.3) is 5.91 Å². The highest BCUT2D eigenvalue weighted by molar-refractivity contribution is 5.97. The van der Waals surface area contributed by atoms with Gasteiger partial charge in [-0.15, -0.1) is 0 Å². The summed E-state index contributed by atoms with van der Waals surface area (Å²) < 4.78 is 11.9. The van der Waals surface area contributed by atoms with E-state index in [2.05, 4.69) is 12.2 Å². The number of ether oxygens (including phenoxy) is 2. The van der Waals surface area contributed by atoms with E-state index >= 15 is 0 Å². The fraction of sp³-hybridized carbons (Fsp3) is 0.435. The third-order valence-electron chi connectivity index (χ3n) is 5.08. The molecule has 27 heavy (non-hydrogen) atoms. The summed E-state index contributed by atoms with van der Waals surface area (Å²) in [6.45, 7) is 7.09. The molecule has 4 heteroatoms. The molecule has 0 saturated heterocycles. The van der Waals surface area contributed by atoms with Crippen LogP contribution >= 0.6 is 0 Å². The Balaban J connectivity index is 1.63. The van der Waals surface area contributed by atoms with Crippen molar-refractivity contribution in [3.63, 3.8) is 0 Å². The fourth-order valence-electron chi connectivity index (χ4n) is 3.20. The maximum atomic E-state index is 12.9. The molecule has 1 saturated carbocycles. The maximum absolute atomic E-state index is 12.9. The molecule has 0 bridgehead atoms. The summed E-state index contributed by atoms with van der Waals surface area (Å²) in [5.74, 6) is 1.08. The summed E-state index contributed by atoms with van der Waals surface area (Å²) in [5.41, 5.74) is 2.15. The smallest absolute Gasteiger partial charge is 0.256 e. The summed E-state index contributed by atoms with van der Waals surface area (Å²) in [6, 6.07) is 15.8. The Morgan fingerprint density at radius 2 is 1.93 bits per heavy atom. The molecule has 4 nitrogen and oxygen atoms in total. The number of carbonyl (C=O) groups excluding carboxylic acids is 1. The summed E-state index contributed by atoms with van der Waals surface area (Å²) >= 11 is 0. The molecular weight excluding hydrogens is 338 g/mol. The monoisotopic (exact) mass is 367 g/mol. The molecule has 0 spiro atoms. The van der Waals surface area contributed by atoms with Crippen LogP contribution in [0.2, 0.25) is 0 Å². The number of benzene rings is 2. The van der Waals surface area contributed by atoms with Gasteiger partial charge in [0.1, 0.15) is 18.0 Å². The van der Waals surface area contributed by atoms with Crippen LogP contribution in [0.4, 0.5) is 5.69 Å². The largest absolute Gasteiger partial charge is 0.489 e. The average Bonchev–Trinajstić information content (AvgIpc) is 3.52. The number of anilines is 1. The number of carbonyl (C=O) groups is 1. The summed E-state index contributed by atoms with van der Waals surface area (Å²) in [4.78, 5) is 12.9. The lowest BCUT2D eigenvalue weighted by molar-refractivity contribution is -0.142. The Morgan fingerprint density at radius 1 is 1.19 bits per heavy atom. The molecule has 0 radical (unpaired) electrons. The predicted molar refractivity (Wildman–Crippen MR) is 108 cm³/mol. The highest BCUT2D eigenvalue weighted by Gasteiger charge is 2.48. The van der Waals surface area contributed by atoms with Crippen LogP contribution in [-0.2, 0) is 16.1 Å². The molecule has 1 N–H and O–H groups in total. The SMILES string of the molecule is CCCOC(C)(C(=O)Nc1ccc(OCc2ccccc2)c(C)c1)C1CC1. The average molecular weight is 367 g/mol. The van der Waals surface area contributed by atoms with E-state index in [4.69, 9.17) is 9.47 Å². The van der Waals surface area contributed by atoms with Gasteiger partial charge >= 0.3 is 0 Å². The van der Waals surface area contributed by atoms with Gasteiger partial charge in [0, 0.05) is 12.3 Å². The summed E-state index contributed by atoms with van der Waals surface area (Å²) in [6.07, 6.45) is 3.01. The second-order valence-electron chi connectivity index (χ2n) is 7.44. The molecule has 0 heterocycles. The Morgan fingerprint density at radius 3 is 2.56 bits per heavy atom. The molecule has 1 aliphatic rings. The quantitative estimate of drug-likeness (QED) is 0.670. The van der Waals surface area contributed by atoms with Gasteiger partial charge in [-0.3, -0.25) is 4.79 Å². The van der Waals surface area contributed by atoms with Gasteiger partial charge in [-0.1, -0.05) is 37.3 Å². The third-order valence-corrected chi connectivity index (χ3v) is 5.08. The number of hydrogen-bond donors (Lipinski definition) is 1. The van der Waals surface area contributed by atoms with E-state index in [0.717, 1.165) is 41.8 Å². The predicted octanol–water partition coefficient (Wildman–Crippen LogP) is 5.11. The van der Waals surface area contributed by atoms with Gasteiger partial charge in [0.05, 0.1) is 0 Å². The minimum absolute atomic E-state index is 0.0594. The molecule has 0 aliphatic heterocycles. The Bertz CT molecular complexity index is 770. The molecule has 1 unspecified atom stereocenters. The van der Waals surface area contributed by atoms with E-state index in [1.165, 1.54) is 0 Å². The van der Waals surface area contributed by atoms with Crippen molar-refractivity contribution in [2.75, 3.05) is 11.9 Å². The van der Waals surface area contributed by atoms with E-state index in [0.29, 0.717) is 19.1 Å². The van der Waals surface area contributed by atoms with E-state index in [-0.39, 0.29) is 5.91 Å². The maximum Gasteiger partial charge on any atom is 0.256 e. The van der Waals surface area contributed by atoms with Crippen molar-refractivity contribution >= 4 is 11.6 Å². The number of aryl methyl sites for hydroxylation is 1. The highest BCUT2D eigenvalue weighted by atomic mass is 16.5. The minimum atomic E-state index is -0.744. The first-order valence-electron chi connectivity index (χ1n) is 9.75. The fourth-order valence-corrected chi connectivity index (χ4v) is 3.20. The Kier molecular flexibility index (Phi) is 6.17. The summed E-state index contributed by atoms with van der Waals surface area (Å²) in [7, 11) is 0. The standard InChI is InChI=1S/C23H29NO3/c1-4-14-27-23(3,19-10-11-19)22(25)24-20-12-13-21(17(2)15-20)26-16-18-8-6-5-7-9-18/h5-9,12-13,15,19H,4,10-11,14,16H2,1-3H3,(H,24,25). The van der Waals surface area contributed by atoms with Gasteiger partial charge < -0.3 is 14.8 Å². The lowest BCUT2D eigenvalue weighted by atomic mass is 9.98. The molecule has 1 fully saturated rings. The number of rotatable bonds is 9.